The lowest BCUT2D eigenvalue weighted by molar-refractivity contribution is -0.162. The van der Waals surface area contributed by atoms with E-state index in [0.717, 1.165) is 19.3 Å². The standard InChI is InChI=1S/C27H42N2O6/c1-6-9-10-11-18-34-25(33)21-20-23(31)29(16-12-17-30)22(24(32)28(15-7-2)19(4)5)27(20)14-13-26(21,8-3)35-27/h6-7,19-22,30H,1-2,8-18H2,3-5H3/t20-,21-,22?,26+,27?/m0/s1. The number of rotatable bonds is 14. The Morgan fingerprint density at radius 3 is 2.60 bits per heavy atom. The van der Waals surface area contributed by atoms with Gasteiger partial charge in [-0.05, 0) is 58.8 Å². The highest BCUT2D eigenvalue weighted by molar-refractivity contribution is 5.98. The van der Waals surface area contributed by atoms with E-state index in [2.05, 4.69) is 13.2 Å². The monoisotopic (exact) mass is 490 g/mol. The fourth-order valence-electron chi connectivity index (χ4n) is 6.34. The van der Waals surface area contributed by atoms with E-state index >= 15 is 0 Å². The van der Waals surface area contributed by atoms with Crippen LogP contribution in [0.25, 0.3) is 0 Å². The number of carbonyl (C=O) groups excluding carboxylic acids is 3. The first-order valence-electron chi connectivity index (χ1n) is 13.0. The maximum absolute atomic E-state index is 14.0. The first kappa shape index (κ1) is 27.4. The summed E-state index contributed by atoms with van der Waals surface area (Å²) in [7, 11) is 0. The van der Waals surface area contributed by atoms with E-state index in [4.69, 9.17) is 9.47 Å². The van der Waals surface area contributed by atoms with Gasteiger partial charge in [-0.1, -0.05) is 19.1 Å². The van der Waals surface area contributed by atoms with E-state index in [1.54, 1.807) is 15.9 Å². The molecule has 1 N–H and O–H groups in total. The first-order chi connectivity index (χ1) is 16.7. The molecule has 196 valence electrons. The fraction of sp³-hybridized carbons (Fsp3) is 0.741. The van der Waals surface area contributed by atoms with Crippen molar-refractivity contribution in [1.29, 1.82) is 0 Å². The van der Waals surface area contributed by atoms with Gasteiger partial charge in [-0.3, -0.25) is 14.4 Å². The molecule has 3 heterocycles. The largest absolute Gasteiger partial charge is 0.465 e. The highest BCUT2D eigenvalue weighted by atomic mass is 16.6. The third kappa shape index (κ3) is 4.67. The summed E-state index contributed by atoms with van der Waals surface area (Å²) >= 11 is 0. The summed E-state index contributed by atoms with van der Waals surface area (Å²) in [5.74, 6) is -2.36. The molecule has 1 spiro atoms. The van der Waals surface area contributed by atoms with Crippen molar-refractivity contribution < 1.29 is 29.0 Å². The van der Waals surface area contributed by atoms with Crippen molar-refractivity contribution in [2.75, 3.05) is 26.3 Å². The van der Waals surface area contributed by atoms with E-state index < -0.39 is 35.0 Å². The molecule has 3 saturated heterocycles. The molecule has 3 aliphatic heterocycles. The molecular formula is C27H42N2O6. The highest BCUT2D eigenvalue weighted by Crippen LogP contribution is 2.64. The zero-order valence-electron chi connectivity index (χ0n) is 21.5. The van der Waals surface area contributed by atoms with Gasteiger partial charge in [0.25, 0.3) is 0 Å². The maximum Gasteiger partial charge on any atom is 0.312 e. The van der Waals surface area contributed by atoms with Gasteiger partial charge in [0.2, 0.25) is 11.8 Å². The van der Waals surface area contributed by atoms with Crippen LogP contribution in [0.4, 0.5) is 0 Å². The highest BCUT2D eigenvalue weighted by Gasteiger charge is 2.79. The third-order valence-corrected chi connectivity index (χ3v) is 8.00. The number of carbonyl (C=O) groups is 3. The number of nitrogens with zero attached hydrogens (tertiary/aromatic N) is 2. The lowest BCUT2D eigenvalue weighted by Crippen LogP contribution is -2.57. The van der Waals surface area contributed by atoms with Gasteiger partial charge in [0.1, 0.15) is 17.6 Å². The van der Waals surface area contributed by atoms with Gasteiger partial charge < -0.3 is 24.4 Å². The topological polar surface area (TPSA) is 96.4 Å². The Morgan fingerprint density at radius 1 is 1.26 bits per heavy atom. The van der Waals surface area contributed by atoms with Crippen LogP contribution >= 0.6 is 0 Å². The fourth-order valence-corrected chi connectivity index (χ4v) is 6.34. The zero-order valence-corrected chi connectivity index (χ0v) is 21.5. The Kier molecular flexibility index (Phi) is 8.81. The summed E-state index contributed by atoms with van der Waals surface area (Å²) in [4.78, 5) is 44.5. The summed E-state index contributed by atoms with van der Waals surface area (Å²) in [5, 5.41) is 9.47. The number of unbranched alkanes of at least 4 members (excludes halogenated alkanes) is 2. The molecule has 8 heteroatoms. The molecule has 2 amide bonds. The number of hydrogen-bond acceptors (Lipinski definition) is 6. The van der Waals surface area contributed by atoms with E-state index in [0.29, 0.717) is 32.2 Å². The molecule has 3 aliphatic rings. The number of fused-ring (bicyclic) bond motifs is 1. The quantitative estimate of drug-likeness (QED) is 0.229. The van der Waals surface area contributed by atoms with Crippen LogP contribution in [0.2, 0.25) is 0 Å². The number of allylic oxidation sites excluding steroid dienone is 1. The van der Waals surface area contributed by atoms with Gasteiger partial charge in [-0.15, -0.1) is 13.2 Å². The summed E-state index contributed by atoms with van der Waals surface area (Å²) in [5.41, 5.74) is -1.87. The van der Waals surface area contributed by atoms with Crippen molar-refractivity contribution in [3.8, 4) is 0 Å². The number of hydrogen-bond donors (Lipinski definition) is 1. The van der Waals surface area contributed by atoms with Crippen molar-refractivity contribution >= 4 is 17.8 Å². The van der Waals surface area contributed by atoms with Crippen LogP contribution in [0.15, 0.2) is 25.3 Å². The van der Waals surface area contributed by atoms with Gasteiger partial charge in [-0.25, -0.2) is 0 Å². The number of esters is 1. The summed E-state index contributed by atoms with van der Waals surface area (Å²) < 4.78 is 12.4. The average Bonchev–Trinajstić information content (AvgIpc) is 3.44. The van der Waals surface area contributed by atoms with Crippen LogP contribution in [0.5, 0.6) is 0 Å². The SMILES string of the molecule is C=CCCCCOC(=O)[C@@H]1[C@H]2C(=O)N(CCCO)C(C(=O)N(CC=C)C(C)C)C23CC[C@@]1(CC)O3. The van der Waals surface area contributed by atoms with E-state index in [1.807, 2.05) is 26.8 Å². The molecule has 0 aliphatic carbocycles. The Hall–Kier alpha value is -2.19. The number of amides is 2. The van der Waals surface area contributed by atoms with Crippen molar-refractivity contribution in [1.82, 2.24) is 9.80 Å². The average molecular weight is 491 g/mol. The number of aliphatic hydroxyl groups is 1. The Bertz CT molecular complexity index is 828. The predicted octanol–water partition coefficient (Wildman–Crippen LogP) is 2.85. The zero-order chi connectivity index (χ0) is 25.8. The molecule has 3 fully saturated rings. The van der Waals surface area contributed by atoms with Crippen LogP contribution in [0.1, 0.15) is 65.7 Å². The van der Waals surface area contributed by atoms with E-state index in [1.165, 1.54) is 0 Å². The van der Waals surface area contributed by atoms with Gasteiger partial charge in [0.05, 0.1) is 18.1 Å². The molecule has 0 aromatic carbocycles. The normalized spacial score (nSPS) is 31.1. The molecule has 2 bridgehead atoms. The second kappa shape index (κ2) is 11.2. The molecule has 5 atom stereocenters. The lowest BCUT2D eigenvalue weighted by Gasteiger charge is -2.38. The predicted molar refractivity (Wildman–Crippen MR) is 132 cm³/mol. The minimum absolute atomic E-state index is 0.0965. The van der Waals surface area contributed by atoms with Crippen molar-refractivity contribution in [3.63, 3.8) is 0 Å². The molecule has 35 heavy (non-hydrogen) atoms. The number of ether oxygens (including phenoxy) is 2. The smallest absolute Gasteiger partial charge is 0.312 e. The molecule has 3 rings (SSSR count). The molecular weight excluding hydrogens is 448 g/mol. The van der Waals surface area contributed by atoms with Crippen LogP contribution in [0.3, 0.4) is 0 Å². The van der Waals surface area contributed by atoms with Crippen molar-refractivity contribution in [3.05, 3.63) is 25.3 Å². The van der Waals surface area contributed by atoms with Crippen LogP contribution < -0.4 is 0 Å². The summed E-state index contributed by atoms with van der Waals surface area (Å²) in [6.45, 7) is 14.1. The second-order valence-electron chi connectivity index (χ2n) is 10.3. The lowest BCUT2D eigenvalue weighted by atomic mass is 9.65. The van der Waals surface area contributed by atoms with Crippen LogP contribution in [-0.4, -0.2) is 82.3 Å². The summed E-state index contributed by atoms with van der Waals surface area (Å²) in [6, 6.07) is -0.937. The minimum atomic E-state index is -1.07. The maximum atomic E-state index is 14.0. The molecule has 0 saturated carbocycles. The molecule has 8 nitrogen and oxygen atoms in total. The van der Waals surface area contributed by atoms with Crippen LogP contribution in [-0.2, 0) is 23.9 Å². The van der Waals surface area contributed by atoms with Gasteiger partial charge in [0.15, 0.2) is 0 Å². The first-order valence-corrected chi connectivity index (χ1v) is 13.0. The summed E-state index contributed by atoms with van der Waals surface area (Å²) in [6.07, 6.45) is 8.01. The van der Waals surface area contributed by atoms with E-state index in [9.17, 15) is 19.5 Å². The van der Waals surface area contributed by atoms with Crippen molar-refractivity contribution in [2.24, 2.45) is 11.8 Å². The Labute approximate surface area is 209 Å². The van der Waals surface area contributed by atoms with Gasteiger partial charge in [-0.2, -0.15) is 0 Å². The van der Waals surface area contributed by atoms with Gasteiger partial charge in [0, 0.05) is 25.7 Å². The Morgan fingerprint density at radius 2 is 2.00 bits per heavy atom. The van der Waals surface area contributed by atoms with Crippen molar-refractivity contribution in [2.45, 2.75) is 89.0 Å². The number of aliphatic hydroxyl groups excluding tert-OH is 1. The molecule has 0 aromatic rings. The molecule has 2 unspecified atom stereocenters. The molecule has 0 radical (unpaired) electrons. The molecule has 0 aromatic heterocycles. The van der Waals surface area contributed by atoms with Crippen LogP contribution in [0, 0.1) is 11.8 Å². The number of likely N-dealkylation sites (tertiary alicyclic amines) is 1. The second-order valence-corrected chi connectivity index (χ2v) is 10.3. The van der Waals surface area contributed by atoms with Gasteiger partial charge >= 0.3 is 5.97 Å². The Balaban J connectivity index is 1.97. The minimum Gasteiger partial charge on any atom is -0.465 e. The van der Waals surface area contributed by atoms with E-state index in [-0.39, 0.29) is 37.6 Å². The third-order valence-electron chi connectivity index (χ3n) is 8.00.